The third kappa shape index (κ3) is 4.06. The SMILES string of the molecule is O=C(Nc1ccc2c(c1)C(=O)N(CC1CCCO1)C2=O)c1ccc(CN2C(=O)c3ccccc3C2=O)cc1. The van der Waals surface area contributed by atoms with Gasteiger partial charge in [-0.3, -0.25) is 33.8 Å². The van der Waals surface area contributed by atoms with Gasteiger partial charge in [-0.15, -0.1) is 0 Å². The molecule has 3 aliphatic heterocycles. The summed E-state index contributed by atoms with van der Waals surface area (Å²) < 4.78 is 5.57. The Kier molecular flexibility index (Phi) is 5.84. The molecule has 1 unspecified atom stereocenters. The zero-order valence-electron chi connectivity index (χ0n) is 20.3. The van der Waals surface area contributed by atoms with Crippen LogP contribution in [0.2, 0.25) is 0 Å². The number of carbonyl (C=O) groups excluding carboxylic acids is 5. The number of ether oxygens (including phenoxy) is 1. The van der Waals surface area contributed by atoms with Crippen LogP contribution in [0.15, 0.2) is 66.7 Å². The number of rotatable bonds is 6. The van der Waals surface area contributed by atoms with Gasteiger partial charge in [-0.2, -0.15) is 0 Å². The summed E-state index contributed by atoms with van der Waals surface area (Å²) in [5.41, 5.74) is 2.79. The van der Waals surface area contributed by atoms with Crippen molar-refractivity contribution < 1.29 is 28.7 Å². The molecule has 9 nitrogen and oxygen atoms in total. The summed E-state index contributed by atoms with van der Waals surface area (Å²) in [5, 5.41) is 2.77. The average molecular weight is 510 g/mol. The van der Waals surface area contributed by atoms with Crippen LogP contribution in [0.4, 0.5) is 5.69 Å². The van der Waals surface area contributed by atoms with Gasteiger partial charge in [-0.1, -0.05) is 24.3 Å². The molecule has 3 aromatic rings. The molecule has 0 bridgehead atoms. The van der Waals surface area contributed by atoms with Gasteiger partial charge in [0.1, 0.15) is 0 Å². The molecule has 6 rings (SSSR count). The number of hydrogen-bond donors (Lipinski definition) is 1. The summed E-state index contributed by atoms with van der Waals surface area (Å²) in [6, 6.07) is 17.9. The van der Waals surface area contributed by atoms with Crippen molar-refractivity contribution in [3.05, 3.63) is 100 Å². The predicted octanol–water partition coefficient (Wildman–Crippen LogP) is 3.51. The largest absolute Gasteiger partial charge is 0.376 e. The zero-order valence-corrected chi connectivity index (χ0v) is 20.3. The van der Waals surface area contributed by atoms with E-state index in [2.05, 4.69) is 5.32 Å². The molecule has 1 N–H and O–H groups in total. The number of imide groups is 2. The van der Waals surface area contributed by atoms with Crippen molar-refractivity contribution in [1.82, 2.24) is 9.80 Å². The van der Waals surface area contributed by atoms with Crippen molar-refractivity contribution in [2.45, 2.75) is 25.5 Å². The maximum absolute atomic E-state index is 12.9. The molecule has 5 amide bonds. The highest BCUT2D eigenvalue weighted by Crippen LogP contribution is 2.28. The lowest BCUT2D eigenvalue weighted by atomic mass is 10.1. The van der Waals surface area contributed by atoms with Crippen molar-refractivity contribution in [3.8, 4) is 0 Å². The summed E-state index contributed by atoms with van der Waals surface area (Å²) in [4.78, 5) is 66.1. The molecule has 3 aromatic carbocycles. The van der Waals surface area contributed by atoms with E-state index in [0.29, 0.717) is 40.1 Å². The third-order valence-electron chi connectivity index (χ3n) is 7.07. The standard InChI is InChI=1S/C29H23N3O6/c33-25(18-9-7-17(8-10-18)15-31-26(34)21-5-1-2-6-22(21)27(31)35)30-19-11-12-23-24(14-19)29(37)32(28(23)36)16-20-4-3-13-38-20/h1-2,5-12,14,20H,3-4,13,15-16H2,(H,30,33). The fourth-order valence-electron chi connectivity index (χ4n) is 5.06. The van der Waals surface area contributed by atoms with Gasteiger partial charge in [0.25, 0.3) is 29.5 Å². The van der Waals surface area contributed by atoms with E-state index in [1.54, 1.807) is 60.7 Å². The summed E-state index contributed by atoms with van der Waals surface area (Å²) in [6.45, 7) is 0.951. The highest BCUT2D eigenvalue weighted by molar-refractivity contribution is 6.22. The second kappa shape index (κ2) is 9.35. The zero-order chi connectivity index (χ0) is 26.4. The minimum absolute atomic E-state index is 0.0948. The first-order chi connectivity index (χ1) is 18.4. The lowest BCUT2D eigenvalue weighted by Crippen LogP contribution is -2.36. The van der Waals surface area contributed by atoms with E-state index in [4.69, 9.17) is 4.74 Å². The molecular weight excluding hydrogens is 486 g/mol. The molecule has 0 radical (unpaired) electrons. The van der Waals surface area contributed by atoms with Gasteiger partial charge in [0.15, 0.2) is 0 Å². The molecule has 190 valence electrons. The Balaban J connectivity index is 1.12. The summed E-state index contributed by atoms with van der Waals surface area (Å²) in [6.07, 6.45) is 1.58. The molecule has 0 saturated carbocycles. The van der Waals surface area contributed by atoms with Crippen LogP contribution in [0.5, 0.6) is 0 Å². The highest BCUT2D eigenvalue weighted by Gasteiger charge is 2.38. The van der Waals surface area contributed by atoms with E-state index in [-0.39, 0.29) is 42.5 Å². The average Bonchev–Trinajstić information content (AvgIpc) is 3.60. The summed E-state index contributed by atoms with van der Waals surface area (Å²) >= 11 is 0. The van der Waals surface area contributed by atoms with Gasteiger partial charge in [-0.25, -0.2) is 0 Å². The number of nitrogens with one attached hydrogen (secondary N) is 1. The van der Waals surface area contributed by atoms with Crippen molar-refractivity contribution in [2.75, 3.05) is 18.5 Å². The number of nitrogens with zero attached hydrogens (tertiary/aromatic N) is 2. The molecule has 3 heterocycles. The maximum Gasteiger partial charge on any atom is 0.261 e. The first-order valence-electron chi connectivity index (χ1n) is 12.4. The number of anilines is 1. The molecular formula is C29H23N3O6. The first kappa shape index (κ1) is 23.7. The number of carbonyl (C=O) groups is 5. The smallest absolute Gasteiger partial charge is 0.261 e. The van der Waals surface area contributed by atoms with Gasteiger partial charge in [0.05, 0.1) is 41.4 Å². The third-order valence-corrected chi connectivity index (χ3v) is 7.07. The summed E-state index contributed by atoms with van der Waals surface area (Å²) in [7, 11) is 0. The Bertz CT molecular complexity index is 1470. The van der Waals surface area contributed by atoms with Crippen LogP contribution in [0.25, 0.3) is 0 Å². The van der Waals surface area contributed by atoms with Crippen molar-refractivity contribution in [1.29, 1.82) is 0 Å². The topological polar surface area (TPSA) is 113 Å². The number of hydrogen-bond acceptors (Lipinski definition) is 6. The fourth-order valence-corrected chi connectivity index (χ4v) is 5.06. The number of amides is 5. The van der Waals surface area contributed by atoms with Crippen LogP contribution in [0.3, 0.4) is 0 Å². The van der Waals surface area contributed by atoms with Gasteiger partial charge in [0.2, 0.25) is 0 Å². The lowest BCUT2D eigenvalue weighted by Gasteiger charge is -2.17. The van der Waals surface area contributed by atoms with Crippen molar-refractivity contribution in [3.63, 3.8) is 0 Å². The van der Waals surface area contributed by atoms with Crippen molar-refractivity contribution in [2.24, 2.45) is 0 Å². The van der Waals surface area contributed by atoms with Crippen LogP contribution < -0.4 is 5.32 Å². The monoisotopic (exact) mass is 509 g/mol. The lowest BCUT2D eigenvalue weighted by molar-refractivity contribution is 0.0474. The van der Waals surface area contributed by atoms with Crippen LogP contribution >= 0.6 is 0 Å². The van der Waals surface area contributed by atoms with E-state index >= 15 is 0 Å². The molecule has 3 aliphatic rings. The Labute approximate surface area is 218 Å². The fraction of sp³-hybridized carbons (Fsp3) is 0.207. The van der Waals surface area contributed by atoms with E-state index in [0.717, 1.165) is 12.8 Å². The highest BCUT2D eigenvalue weighted by atomic mass is 16.5. The molecule has 1 fully saturated rings. The Morgan fingerprint density at radius 2 is 1.42 bits per heavy atom. The van der Waals surface area contributed by atoms with E-state index in [9.17, 15) is 24.0 Å². The van der Waals surface area contributed by atoms with Gasteiger partial charge in [-0.05, 0) is 60.9 Å². The number of fused-ring (bicyclic) bond motifs is 2. The van der Waals surface area contributed by atoms with Gasteiger partial charge < -0.3 is 10.1 Å². The van der Waals surface area contributed by atoms with Gasteiger partial charge in [0, 0.05) is 17.9 Å². The minimum atomic E-state index is -0.398. The van der Waals surface area contributed by atoms with Crippen LogP contribution in [-0.4, -0.2) is 58.6 Å². The Hall–Kier alpha value is -4.63. The second-order valence-corrected chi connectivity index (χ2v) is 9.51. The quantitative estimate of drug-likeness (QED) is 0.509. The molecule has 0 spiro atoms. The Morgan fingerprint density at radius 3 is 2.08 bits per heavy atom. The first-order valence-corrected chi connectivity index (χ1v) is 12.4. The molecule has 9 heteroatoms. The molecule has 0 aliphatic carbocycles. The van der Waals surface area contributed by atoms with Crippen LogP contribution in [0, 0.1) is 0 Å². The molecule has 0 aromatic heterocycles. The molecule has 1 saturated heterocycles. The Morgan fingerprint density at radius 1 is 0.789 bits per heavy atom. The number of benzene rings is 3. The predicted molar refractivity (Wildman–Crippen MR) is 136 cm³/mol. The van der Waals surface area contributed by atoms with Gasteiger partial charge >= 0.3 is 0 Å². The normalized spacial score (nSPS) is 18.3. The van der Waals surface area contributed by atoms with Crippen LogP contribution in [-0.2, 0) is 11.3 Å². The maximum atomic E-state index is 12.9. The van der Waals surface area contributed by atoms with E-state index in [1.807, 2.05) is 0 Å². The van der Waals surface area contributed by atoms with Crippen LogP contribution in [0.1, 0.15) is 70.2 Å². The minimum Gasteiger partial charge on any atom is -0.376 e. The molecule has 38 heavy (non-hydrogen) atoms. The second-order valence-electron chi connectivity index (χ2n) is 9.51. The molecule has 1 atom stereocenters. The van der Waals surface area contributed by atoms with E-state index < -0.39 is 11.8 Å². The van der Waals surface area contributed by atoms with Crippen molar-refractivity contribution >= 4 is 35.2 Å². The summed E-state index contributed by atoms with van der Waals surface area (Å²) in [5.74, 6) is -1.83. The van der Waals surface area contributed by atoms with E-state index in [1.165, 1.54) is 15.9 Å².